The Morgan fingerprint density at radius 3 is 1.95 bits per heavy atom. The summed E-state index contributed by atoms with van der Waals surface area (Å²) < 4.78 is 30.9. The predicted molar refractivity (Wildman–Crippen MR) is 202 cm³/mol. The Morgan fingerprint density at radius 1 is 0.800 bits per heavy atom. The molecule has 2 aromatic rings. The molecule has 2 rings (SSSR count). The first kappa shape index (κ1) is 45.1. The summed E-state index contributed by atoms with van der Waals surface area (Å²) in [5.41, 5.74) is 0.870. The zero-order valence-corrected chi connectivity index (χ0v) is 31.6. The van der Waals surface area contributed by atoms with E-state index in [0.717, 1.165) is 11.5 Å². The first-order valence-corrected chi connectivity index (χ1v) is 18.7. The largest absolute Gasteiger partial charge is 0.481 e. The minimum absolute atomic E-state index is 0.0694. The van der Waals surface area contributed by atoms with Crippen LogP contribution in [-0.2, 0) is 45.2 Å². The predicted octanol–water partition coefficient (Wildman–Crippen LogP) is 2.26. The number of hydrogen-bond donors (Lipinski definition) is 7. The summed E-state index contributed by atoms with van der Waals surface area (Å²) in [5.74, 6) is -5.56. The number of hydrogen-bond acceptors (Lipinski definition) is 11. The van der Waals surface area contributed by atoms with E-state index < -0.39 is 89.0 Å². The fraction of sp³-hybridized carbons (Fsp3) is 0.378. The van der Waals surface area contributed by atoms with Crippen LogP contribution >= 0.6 is 0 Å². The average Bonchev–Trinajstić information content (AvgIpc) is 3.13. The quantitative estimate of drug-likeness (QED) is 0.0801. The topological polar surface area (TPSA) is 259 Å². The first-order chi connectivity index (χ1) is 26.0. The van der Waals surface area contributed by atoms with Crippen LogP contribution in [0.3, 0.4) is 0 Å². The molecule has 0 saturated carbocycles. The Balaban J connectivity index is 2.35. The summed E-state index contributed by atoms with van der Waals surface area (Å²) >= 11 is 0. The maximum Gasteiger partial charge on any atom is 0.408 e. The van der Waals surface area contributed by atoms with Crippen LogP contribution in [0, 0.1) is 5.92 Å². The van der Waals surface area contributed by atoms with Crippen LogP contribution in [-0.4, -0.2) is 92.3 Å². The monoisotopic (exact) mass is 784 g/mol. The molecule has 2 aromatic carbocycles. The third-order valence-electron chi connectivity index (χ3n) is 7.65. The number of carboxylic acids is 2. The summed E-state index contributed by atoms with van der Waals surface area (Å²) in [5, 5.41) is 32.2. The van der Waals surface area contributed by atoms with E-state index in [1.807, 2.05) is 0 Å². The van der Waals surface area contributed by atoms with Gasteiger partial charge < -0.3 is 41.5 Å². The number of aliphatic imine (C=N–C) groups is 1. The standard InChI is InChI=1S/C37H48N6O11S/c1-24(2)19-30(43-37(51)54-23-25-11-7-5-8-12-25)36(50)41-29(15-16-32(44)45)34(48)42-31(20-27(39-4)22-38-3)35(49)40-26(21-33(46)47)17-18-55(52,53)28-13-9-6-10-14-28/h5-14,17-18,22,24,26,29-31,38H,4,15-16,19-21,23H2,1-3H3,(H,40,49)(H,41,50)(H,42,48)(H,43,51)(H,44,45)(H,46,47)/b18-17+,27-22-/t26-,29+,30+,31+/m1/s1. The third kappa shape index (κ3) is 17.1. The smallest absolute Gasteiger partial charge is 0.408 e. The molecule has 7 N–H and O–H groups in total. The maximum atomic E-state index is 13.8. The zero-order valence-electron chi connectivity index (χ0n) is 30.8. The molecular formula is C37H48N6O11S. The number of amides is 4. The Bertz CT molecular complexity index is 1800. The van der Waals surface area contributed by atoms with Crippen LogP contribution in [0.4, 0.5) is 4.79 Å². The van der Waals surface area contributed by atoms with Gasteiger partial charge in [-0.2, -0.15) is 0 Å². The van der Waals surface area contributed by atoms with Gasteiger partial charge in [0, 0.05) is 31.5 Å². The Morgan fingerprint density at radius 2 is 1.38 bits per heavy atom. The Labute approximate surface area is 319 Å². The fourth-order valence-electron chi connectivity index (χ4n) is 4.97. The number of ether oxygens (including phenoxy) is 1. The van der Waals surface area contributed by atoms with Crippen molar-refractivity contribution in [2.45, 2.75) is 81.6 Å². The molecule has 17 nitrogen and oxygen atoms in total. The summed E-state index contributed by atoms with van der Waals surface area (Å²) in [6, 6.07) is 10.5. The van der Waals surface area contributed by atoms with Gasteiger partial charge in [0.2, 0.25) is 17.7 Å². The molecule has 0 aliphatic heterocycles. The van der Waals surface area contributed by atoms with Crippen molar-refractivity contribution in [3.05, 3.63) is 89.6 Å². The Hall–Kier alpha value is -6.04. The van der Waals surface area contributed by atoms with Crippen molar-refractivity contribution >= 4 is 52.3 Å². The normalized spacial score (nSPS) is 13.8. The summed E-state index contributed by atoms with van der Waals surface area (Å²) in [7, 11) is -2.49. The number of sulfone groups is 1. The lowest BCUT2D eigenvalue weighted by molar-refractivity contribution is -0.139. The Kier molecular flexibility index (Phi) is 18.8. The second-order valence-corrected chi connectivity index (χ2v) is 14.5. The van der Waals surface area contributed by atoms with Crippen LogP contribution in [0.1, 0.15) is 51.5 Å². The van der Waals surface area contributed by atoms with E-state index in [0.29, 0.717) is 5.56 Å². The molecule has 18 heteroatoms. The van der Waals surface area contributed by atoms with E-state index in [4.69, 9.17) is 4.74 Å². The van der Waals surface area contributed by atoms with Crippen molar-refractivity contribution in [3.63, 3.8) is 0 Å². The van der Waals surface area contributed by atoms with Crippen molar-refractivity contribution < 1.29 is 52.1 Å². The first-order valence-electron chi connectivity index (χ1n) is 17.2. The lowest BCUT2D eigenvalue weighted by atomic mass is 10.0. The maximum absolute atomic E-state index is 13.8. The molecule has 0 saturated heterocycles. The highest BCUT2D eigenvalue weighted by Gasteiger charge is 2.32. The number of carbonyl (C=O) groups excluding carboxylic acids is 4. The van der Waals surface area contributed by atoms with Crippen molar-refractivity contribution in [1.82, 2.24) is 26.6 Å². The molecule has 0 aliphatic carbocycles. The number of rotatable bonds is 23. The molecule has 0 spiro atoms. The molecule has 0 fully saturated rings. The number of alkyl carbamates (subject to hydrolysis) is 1. The zero-order chi connectivity index (χ0) is 41.0. The molecule has 4 amide bonds. The van der Waals surface area contributed by atoms with Gasteiger partial charge in [-0.1, -0.05) is 62.4 Å². The second kappa shape index (κ2) is 22.9. The number of carbonyl (C=O) groups is 6. The highest BCUT2D eigenvalue weighted by atomic mass is 32.2. The number of benzene rings is 2. The van der Waals surface area contributed by atoms with E-state index >= 15 is 0 Å². The van der Waals surface area contributed by atoms with E-state index in [2.05, 4.69) is 38.3 Å². The molecule has 0 heterocycles. The van der Waals surface area contributed by atoms with Crippen LogP contribution in [0.25, 0.3) is 0 Å². The van der Waals surface area contributed by atoms with E-state index in [1.165, 1.54) is 37.5 Å². The summed E-state index contributed by atoms with van der Waals surface area (Å²) in [6.45, 7) is 6.96. The highest BCUT2D eigenvalue weighted by molar-refractivity contribution is 7.94. The average molecular weight is 785 g/mol. The van der Waals surface area contributed by atoms with E-state index in [9.17, 15) is 47.4 Å². The number of aliphatic carboxylic acids is 2. The van der Waals surface area contributed by atoms with E-state index in [1.54, 1.807) is 50.2 Å². The number of carboxylic acid groups (broad SMARTS) is 2. The molecular weight excluding hydrogens is 737 g/mol. The van der Waals surface area contributed by atoms with Gasteiger partial charge in [0.05, 0.1) is 23.1 Å². The molecule has 0 bridgehead atoms. The summed E-state index contributed by atoms with van der Waals surface area (Å²) in [4.78, 5) is 80.6. The molecule has 298 valence electrons. The molecule has 0 aliphatic rings. The van der Waals surface area contributed by atoms with Crippen LogP contribution < -0.4 is 26.6 Å². The lowest BCUT2D eigenvalue weighted by Gasteiger charge is -2.26. The van der Waals surface area contributed by atoms with Gasteiger partial charge in [-0.25, -0.2) is 13.2 Å². The summed E-state index contributed by atoms with van der Waals surface area (Å²) in [6.07, 6.45) is -0.470. The van der Waals surface area contributed by atoms with Crippen molar-refractivity contribution in [2.24, 2.45) is 10.9 Å². The molecule has 4 atom stereocenters. The highest BCUT2D eigenvalue weighted by Crippen LogP contribution is 2.14. The van der Waals surface area contributed by atoms with Gasteiger partial charge in [-0.3, -0.25) is 29.0 Å². The van der Waals surface area contributed by atoms with Crippen LogP contribution in [0.5, 0.6) is 0 Å². The van der Waals surface area contributed by atoms with Crippen LogP contribution in [0.15, 0.2) is 93.9 Å². The van der Waals surface area contributed by atoms with Crippen molar-refractivity contribution in [3.8, 4) is 0 Å². The van der Waals surface area contributed by atoms with Gasteiger partial charge in [-0.15, -0.1) is 0 Å². The SMILES string of the molecule is C=N/C(=C\NC)C[C@H](NC(=O)[C@H](CCC(=O)O)NC(=O)[C@H](CC(C)C)NC(=O)OCc1ccccc1)C(=O)N[C@H](/C=C/S(=O)(=O)c1ccccc1)CC(=O)O. The number of nitrogens with zero attached hydrogens (tertiary/aromatic N) is 1. The molecule has 0 aromatic heterocycles. The van der Waals surface area contributed by atoms with Gasteiger partial charge >= 0.3 is 18.0 Å². The van der Waals surface area contributed by atoms with Crippen LogP contribution in [0.2, 0.25) is 0 Å². The van der Waals surface area contributed by atoms with Gasteiger partial charge in [0.15, 0.2) is 9.84 Å². The van der Waals surface area contributed by atoms with Crippen molar-refractivity contribution in [1.29, 1.82) is 0 Å². The fourth-order valence-corrected chi connectivity index (χ4v) is 6.06. The third-order valence-corrected chi connectivity index (χ3v) is 9.10. The van der Waals surface area contributed by atoms with Gasteiger partial charge in [-0.05, 0) is 49.2 Å². The minimum atomic E-state index is -4.03. The van der Waals surface area contributed by atoms with Crippen molar-refractivity contribution in [2.75, 3.05) is 7.05 Å². The number of nitrogens with one attached hydrogen (secondary N) is 5. The molecule has 0 unspecified atom stereocenters. The molecule has 0 radical (unpaired) electrons. The lowest BCUT2D eigenvalue weighted by Crippen LogP contribution is -2.57. The molecule has 55 heavy (non-hydrogen) atoms. The second-order valence-electron chi connectivity index (χ2n) is 12.6. The van der Waals surface area contributed by atoms with Gasteiger partial charge in [0.25, 0.3) is 0 Å². The van der Waals surface area contributed by atoms with E-state index in [-0.39, 0.29) is 36.0 Å². The minimum Gasteiger partial charge on any atom is -0.481 e. The van der Waals surface area contributed by atoms with Gasteiger partial charge in [0.1, 0.15) is 24.7 Å².